The van der Waals surface area contributed by atoms with Crippen molar-refractivity contribution in [2.75, 3.05) is 17.5 Å². The van der Waals surface area contributed by atoms with Gasteiger partial charge in [-0.05, 0) is 68.7 Å². The summed E-state index contributed by atoms with van der Waals surface area (Å²) < 4.78 is 34.3. The van der Waals surface area contributed by atoms with Gasteiger partial charge in [0.05, 0.1) is 17.2 Å². The summed E-state index contributed by atoms with van der Waals surface area (Å²) in [5.41, 5.74) is 1.17. The molecule has 1 aliphatic carbocycles. The summed E-state index contributed by atoms with van der Waals surface area (Å²) in [7, 11) is -4.10. The first-order valence-corrected chi connectivity index (χ1v) is 15.2. The van der Waals surface area contributed by atoms with E-state index in [-0.39, 0.29) is 23.4 Å². The molecule has 0 heterocycles. The number of hydrogen-bond donors (Lipinski definition) is 1. The van der Waals surface area contributed by atoms with Crippen LogP contribution in [0.5, 0.6) is 5.75 Å². The third kappa shape index (κ3) is 7.21. The Labute approximate surface area is 237 Å². The van der Waals surface area contributed by atoms with E-state index in [1.165, 1.54) is 17.0 Å². The molecule has 1 N–H and O–H groups in total. The first-order valence-electron chi connectivity index (χ1n) is 13.7. The van der Waals surface area contributed by atoms with Gasteiger partial charge in [0.25, 0.3) is 10.0 Å². The van der Waals surface area contributed by atoms with Crippen LogP contribution in [0.15, 0.2) is 89.8 Å². The molecule has 0 bridgehead atoms. The van der Waals surface area contributed by atoms with E-state index >= 15 is 0 Å². The molecule has 1 atom stereocenters. The number of hydrogen-bond acceptors (Lipinski definition) is 5. The van der Waals surface area contributed by atoms with E-state index in [0.717, 1.165) is 35.6 Å². The Hall–Kier alpha value is -3.85. The second kappa shape index (κ2) is 13.5. The number of nitrogens with one attached hydrogen (secondary N) is 1. The van der Waals surface area contributed by atoms with Crippen LogP contribution in [-0.4, -0.2) is 50.4 Å². The van der Waals surface area contributed by atoms with Gasteiger partial charge in [-0.3, -0.25) is 13.9 Å². The van der Waals surface area contributed by atoms with E-state index in [2.05, 4.69) is 5.32 Å². The van der Waals surface area contributed by atoms with Gasteiger partial charge < -0.3 is 15.0 Å². The predicted octanol–water partition coefficient (Wildman–Crippen LogP) is 4.76. The van der Waals surface area contributed by atoms with Crippen molar-refractivity contribution in [1.29, 1.82) is 0 Å². The van der Waals surface area contributed by atoms with Crippen LogP contribution < -0.4 is 14.4 Å². The molecule has 0 radical (unpaired) electrons. The van der Waals surface area contributed by atoms with Crippen LogP contribution >= 0.6 is 0 Å². The lowest BCUT2D eigenvalue weighted by molar-refractivity contribution is -0.139. The van der Waals surface area contributed by atoms with Crippen LogP contribution in [0, 0.1) is 0 Å². The summed E-state index contributed by atoms with van der Waals surface area (Å²) in [6.45, 7) is 3.72. The number of benzene rings is 3. The molecule has 0 spiro atoms. The van der Waals surface area contributed by atoms with E-state index in [4.69, 9.17) is 4.74 Å². The van der Waals surface area contributed by atoms with E-state index in [1.54, 1.807) is 49.4 Å². The van der Waals surface area contributed by atoms with Crippen molar-refractivity contribution in [1.82, 2.24) is 10.2 Å². The van der Waals surface area contributed by atoms with E-state index in [9.17, 15) is 18.0 Å². The smallest absolute Gasteiger partial charge is 0.264 e. The van der Waals surface area contributed by atoms with Gasteiger partial charge in [0, 0.05) is 12.6 Å². The zero-order valence-corrected chi connectivity index (χ0v) is 23.8. The molecule has 40 heavy (non-hydrogen) atoms. The highest BCUT2D eigenvalue weighted by Gasteiger charge is 2.33. The van der Waals surface area contributed by atoms with E-state index in [1.807, 2.05) is 37.3 Å². The highest BCUT2D eigenvalue weighted by Crippen LogP contribution is 2.27. The third-order valence-electron chi connectivity index (χ3n) is 7.11. The number of ether oxygens (including phenoxy) is 1. The van der Waals surface area contributed by atoms with Gasteiger partial charge in [-0.25, -0.2) is 8.42 Å². The number of anilines is 1. The zero-order chi connectivity index (χ0) is 28.5. The minimum atomic E-state index is -4.10. The molecule has 212 valence electrons. The summed E-state index contributed by atoms with van der Waals surface area (Å²) in [5, 5.41) is 3.08. The maximum absolute atomic E-state index is 14.0. The van der Waals surface area contributed by atoms with Crippen molar-refractivity contribution in [2.24, 2.45) is 0 Å². The Balaban J connectivity index is 1.66. The molecule has 0 aliphatic heterocycles. The predicted molar refractivity (Wildman–Crippen MR) is 155 cm³/mol. The number of rotatable bonds is 12. The largest absolute Gasteiger partial charge is 0.494 e. The lowest BCUT2D eigenvalue weighted by atomic mass is 10.1. The molecular formula is C31H37N3O5S. The summed E-state index contributed by atoms with van der Waals surface area (Å²) >= 11 is 0. The highest BCUT2D eigenvalue weighted by molar-refractivity contribution is 7.92. The van der Waals surface area contributed by atoms with Crippen molar-refractivity contribution in [3.63, 3.8) is 0 Å². The summed E-state index contributed by atoms with van der Waals surface area (Å²) in [4.78, 5) is 28.8. The average Bonchev–Trinajstić information content (AvgIpc) is 3.49. The molecule has 8 nitrogen and oxygen atoms in total. The summed E-state index contributed by atoms with van der Waals surface area (Å²) in [6.07, 6.45) is 3.98. The van der Waals surface area contributed by atoms with Gasteiger partial charge in [-0.2, -0.15) is 0 Å². The Bertz CT molecular complexity index is 1360. The number of carbonyl (C=O) groups is 2. The standard InChI is InChI=1S/C31H37N3O5S/c1-3-39-28-20-18-27(19-21-28)34(40(37,38)29-16-8-5-9-17-29)23-30(35)33(22-25-12-6-4-7-13-25)24(2)31(36)32-26-14-10-11-15-26/h4-9,12-13,16-21,24,26H,3,10-11,14-15,22-23H2,1-2H3,(H,32,36)/t24-/m0/s1. The van der Waals surface area contributed by atoms with Crippen LogP contribution in [0.2, 0.25) is 0 Å². The number of carbonyl (C=O) groups excluding carboxylic acids is 2. The van der Waals surface area contributed by atoms with Crippen molar-refractivity contribution >= 4 is 27.5 Å². The molecule has 2 amide bonds. The number of nitrogens with zero attached hydrogens (tertiary/aromatic N) is 2. The molecule has 0 aromatic heterocycles. The Morgan fingerprint density at radius 2 is 1.52 bits per heavy atom. The zero-order valence-electron chi connectivity index (χ0n) is 23.0. The summed E-state index contributed by atoms with van der Waals surface area (Å²) in [6, 6.07) is 23.3. The Morgan fingerprint density at radius 1 is 0.925 bits per heavy atom. The average molecular weight is 564 g/mol. The monoisotopic (exact) mass is 563 g/mol. The minimum absolute atomic E-state index is 0.0679. The second-order valence-electron chi connectivity index (χ2n) is 9.92. The van der Waals surface area contributed by atoms with Crippen molar-refractivity contribution in [2.45, 2.75) is 63.1 Å². The van der Waals surface area contributed by atoms with Crippen LogP contribution in [-0.2, 0) is 26.2 Å². The van der Waals surface area contributed by atoms with Gasteiger partial charge in [-0.1, -0.05) is 61.4 Å². The fourth-order valence-corrected chi connectivity index (χ4v) is 6.31. The maximum atomic E-state index is 14.0. The third-order valence-corrected chi connectivity index (χ3v) is 8.90. The minimum Gasteiger partial charge on any atom is -0.494 e. The topological polar surface area (TPSA) is 96.0 Å². The lowest BCUT2D eigenvalue weighted by Crippen LogP contribution is -2.52. The normalized spacial score (nSPS) is 14.3. The van der Waals surface area contributed by atoms with Gasteiger partial charge >= 0.3 is 0 Å². The molecule has 4 rings (SSSR count). The Kier molecular flexibility index (Phi) is 9.82. The molecule has 1 fully saturated rings. The molecule has 1 saturated carbocycles. The quantitative estimate of drug-likeness (QED) is 0.343. The molecule has 3 aromatic rings. The fraction of sp³-hybridized carbons (Fsp3) is 0.355. The van der Waals surface area contributed by atoms with Crippen LogP contribution in [0.25, 0.3) is 0 Å². The highest BCUT2D eigenvalue weighted by atomic mass is 32.2. The fourth-order valence-electron chi connectivity index (χ4n) is 4.88. The molecule has 3 aromatic carbocycles. The van der Waals surface area contributed by atoms with Gasteiger partial charge in [-0.15, -0.1) is 0 Å². The van der Waals surface area contributed by atoms with Gasteiger partial charge in [0.1, 0.15) is 18.3 Å². The summed E-state index contributed by atoms with van der Waals surface area (Å²) in [5.74, 6) is -0.126. The SMILES string of the molecule is CCOc1ccc(N(CC(=O)N(Cc2ccccc2)[C@@H](C)C(=O)NC2CCCC2)S(=O)(=O)c2ccccc2)cc1. The Morgan fingerprint density at radius 3 is 2.12 bits per heavy atom. The number of amides is 2. The molecule has 9 heteroatoms. The van der Waals surface area contributed by atoms with Gasteiger partial charge in [0.15, 0.2) is 0 Å². The second-order valence-corrected chi connectivity index (χ2v) is 11.8. The van der Waals surface area contributed by atoms with Crippen molar-refractivity contribution in [3.8, 4) is 5.75 Å². The molecular weight excluding hydrogens is 526 g/mol. The molecule has 0 unspecified atom stereocenters. The van der Waals surface area contributed by atoms with E-state index in [0.29, 0.717) is 18.0 Å². The van der Waals surface area contributed by atoms with Crippen molar-refractivity contribution < 1.29 is 22.7 Å². The van der Waals surface area contributed by atoms with Crippen LogP contribution in [0.3, 0.4) is 0 Å². The molecule has 1 aliphatic rings. The van der Waals surface area contributed by atoms with Crippen LogP contribution in [0.1, 0.15) is 45.1 Å². The first kappa shape index (κ1) is 29.1. The van der Waals surface area contributed by atoms with Crippen molar-refractivity contribution in [3.05, 3.63) is 90.5 Å². The van der Waals surface area contributed by atoms with Crippen LogP contribution in [0.4, 0.5) is 5.69 Å². The number of sulfonamides is 1. The first-order chi connectivity index (χ1) is 19.3. The van der Waals surface area contributed by atoms with Gasteiger partial charge in [0.2, 0.25) is 11.8 Å². The van der Waals surface area contributed by atoms with E-state index < -0.39 is 28.5 Å². The molecule has 0 saturated heterocycles. The lowest BCUT2D eigenvalue weighted by Gasteiger charge is -2.32. The maximum Gasteiger partial charge on any atom is 0.264 e.